The first-order valence-corrected chi connectivity index (χ1v) is 9.40. The van der Waals surface area contributed by atoms with Crippen molar-refractivity contribution in [3.63, 3.8) is 0 Å². The highest BCUT2D eigenvalue weighted by molar-refractivity contribution is 7.66. The van der Waals surface area contributed by atoms with E-state index < -0.39 is 7.87 Å². The summed E-state index contributed by atoms with van der Waals surface area (Å²) in [6.07, 6.45) is 0. The Morgan fingerprint density at radius 2 is 1.33 bits per heavy atom. The van der Waals surface area contributed by atoms with Gasteiger partial charge in [-0.05, 0) is 27.7 Å². The molecule has 0 atom stereocenters. The van der Waals surface area contributed by atoms with E-state index >= 15 is 0 Å². The van der Waals surface area contributed by atoms with Gasteiger partial charge in [-0.2, -0.15) is 0 Å². The standard InChI is InChI=1S/C15H36N4OP/c1-10-16(6)21(17(7)11-2,18(8)12-3)19(15(4)5)13-14-20-9/h4,10-14H2,1-3,5-9H3/q+1. The summed E-state index contributed by atoms with van der Waals surface area (Å²) < 4.78 is 15.2. The van der Waals surface area contributed by atoms with Crippen LogP contribution in [-0.4, -0.2) is 79.7 Å². The monoisotopic (exact) mass is 319 g/mol. The Morgan fingerprint density at radius 1 is 0.952 bits per heavy atom. The number of allylic oxidation sites excluding steroid dienone is 1. The molecule has 0 amide bonds. The lowest BCUT2D eigenvalue weighted by Crippen LogP contribution is -2.49. The lowest BCUT2D eigenvalue weighted by atomic mass is 10.5. The highest BCUT2D eigenvalue weighted by atomic mass is 31.2. The fourth-order valence-corrected chi connectivity index (χ4v) is 7.25. The van der Waals surface area contributed by atoms with Crippen molar-refractivity contribution >= 4 is 7.87 Å². The second-order valence-electron chi connectivity index (χ2n) is 5.31. The van der Waals surface area contributed by atoms with Crippen molar-refractivity contribution in [1.29, 1.82) is 0 Å². The van der Waals surface area contributed by atoms with Crippen LogP contribution in [0.2, 0.25) is 0 Å². The Hall–Kier alpha value is -0.190. The first kappa shape index (κ1) is 20.8. The zero-order valence-electron chi connectivity index (χ0n) is 15.4. The molecule has 0 spiro atoms. The molecule has 0 saturated heterocycles. The van der Waals surface area contributed by atoms with Crippen LogP contribution in [-0.2, 0) is 4.74 Å². The van der Waals surface area contributed by atoms with E-state index in [0.29, 0.717) is 6.61 Å². The van der Waals surface area contributed by atoms with Crippen molar-refractivity contribution in [3.05, 3.63) is 12.3 Å². The van der Waals surface area contributed by atoms with E-state index in [2.05, 4.69) is 74.1 Å². The van der Waals surface area contributed by atoms with Gasteiger partial charge in [0.1, 0.15) is 0 Å². The third-order valence-corrected chi connectivity index (χ3v) is 8.81. The van der Waals surface area contributed by atoms with Crippen molar-refractivity contribution in [2.45, 2.75) is 27.7 Å². The van der Waals surface area contributed by atoms with Crippen LogP contribution in [0.1, 0.15) is 27.7 Å². The van der Waals surface area contributed by atoms with Crippen LogP contribution in [0.5, 0.6) is 0 Å². The van der Waals surface area contributed by atoms with Gasteiger partial charge in [-0.1, -0.05) is 6.58 Å². The highest BCUT2D eigenvalue weighted by Gasteiger charge is 2.56. The van der Waals surface area contributed by atoms with Crippen molar-refractivity contribution in [1.82, 2.24) is 18.7 Å². The third-order valence-electron chi connectivity index (χ3n) is 4.02. The van der Waals surface area contributed by atoms with Crippen molar-refractivity contribution in [2.24, 2.45) is 0 Å². The smallest absolute Gasteiger partial charge is 0.331 e. The average Bonchev–Trinajstić information content (AvgIpc) is 2.48. The number of hydrogen-bond donors (Lipinski definition) is 0. The summed E-state index contributed by atoms with van der Waals surface area (Å²) >= 11 is 0. The first-order chi connectivity index (χ1) is 9.84. The van der Waals surface area contributed by atoms with E-state index in [0.717, 1.165) is 31.9 Å². The quantitative estimate of drug-likeness (QED) is 0.545. The summed E-state index contributed by atoms with van der Waals surface area (Å²) in [5.74, 6) is 0. The molecule has 0 radical (unpaired) electrons. The molecule has 5 nitrogen and oxygen atoms in total. The molecule has 0 aliphatic heterocycles. The largest absolute Gasteiger partial charge is 0.383 e. The van der Waals surface area contributed by atoms with Gasteiger partial charge in [0.15, 0.2) is 0 Å². The Balaban J connectivity index is 5.95. The van der Waals surface area contributed by atoms with E-state index in [1.165, 1.54) is 0 Å². The Kier molecular flexibility index (Phi) is 9.66. The molecular weight excluding hydrogens is 283 g/mol. The van der Waals surface area contributed by atoms with E-state index in [-0.39, 0.29) is 0 Å². The normalized spacial score (nSPS) is 12.5. The highest BCUT2D eigenvalue weighted by Crippen LogP contribution is 2.69. The van der Waals surface area contributed by atoms with E-state index in [1.54, 1.807) is 7.11 Å². The molecule has 0 bridgehead atoms. The topological polar surface area (TPSA) is 22.2 Å². The minimum atomic E-state index is -1.81. The lowest BCUT2D eigenvalue weighted by molar-refractivity contribution is 0.178. The first-order valence-electron chi connectivity index (χ1n) is 7.80. The molecular formula is C15H36N4OP+. The fraction of sp³-hybridized carbons (Fsp3) is 0.867. The molecule has 0 aromatic rings. The van der Waals surface area contributed by atoms with Crippen molar-refractivity contribution < 1.29 is 4.74 Å². The van der Waals surface area contributed by atoms with Gasteiger partial charge >= 0.3 is 7.87 Å². The maximum absolute atomic E-state index is 5.34. The van der Waals surface area contributed by atoms with Gasteiger partial charge in [-0.15, -0.1) is 14.0 Å². The Morgan fingerprint density at radius 3 is 1.57 bits per heavy atom. The van der Waals surface area contributed by atoms with E-state index in [1.807, 2.05) is 0 Å². The third kappa shape index (κ3) is 4.40. The van der Waals surface area contributed by atoms with Gasteiger partial charge in [-0.3, -0.25) is 0 Å². The van der Waals surface area contributed by atoms with Crippen LogP contribution in [0.4, 0.5) is 0 Å². The van der Waals surface area contributed by atoms with Crippen molar-refractivity contribution in [2.75, 3.05) is 61.0 Å². The predicted molar refractivity (Wildman–Crippen MR) is 95.2 cm³/mol. The van der Waals surface area contributed by atoms with Crippen LogP contribution >= 0.6 is 7.87 Å². The molecule has 0 aliphatic carbocycles. The SMILES string of the molecule is C=C(C)N(CCOC)[P+](N(C)CC)(N(C)CC)N(C)CC. The molecule has 0 rings (SSSR count). The molecule has 0 N–H and O–H groups in total. The average molecular weight is 319 g/mol. The maximum Gasteiger partial charge on any atom is 0.331 e. The van der Waals surface area contributed by atoms with E-state index in [9.17, 15) is 0 Å². The van der Waals surface area contributed by atoms with Gasteiger partial charge in [0, 0.05) is 53.6 Å². The molecule has 0 aromatic carbocycles. The van der Waals surface area contributed by atoms with Crippen LogP contribution in [0.25, 0.3) is 0 Å². The molecule has 0 aromatic heterocycles. The number of methoxy groups -OCH3 is 1. The van der Waals surface area contributed by atoms with Gasteiger partial charge in [-0.25, -0.2) is 4.67 Å². The molecule has 0 fully saturated rings. The summed E-state index contributed by atoms with van der Waals surface area (Å²) in [7, 11) is 6.60. The molecule has 0 saturated carbocycles. The summed E-state index contributed by atoms with van der Waals surface area (Å²) in [4.78, 5) is 0. The molecule has 0 aliphatic rings. The molecule has 0 unspecified atom stereocenters. The fourth-order valence-electron chi connectivity index (χ4n) is 2.64. The Labute approximate surface area is 133 Å². The summed E-state index contributed by atoms with van der Waals surface area (Å²) in [5, 5.41) is 0. The number of rotatable bonds is 11. The summed E-state index contributed by atoms with van der Waals surface area (Å²) in [6.45, 7) is 17.6. The van der Waals surface area contributed by atoms with Gasteiger partial charge in [0.25, 0.3) is 0 Å². The zero-order chi connectivity index (χ0) is 16.6. The molecule has 126 valence electrons. The minimum Gasteiger partial charge on any atom is -0.383 e. The predicted octanol–water partition coefficient (Wildman–Crippen LogP) is 3.00. The van der Waals surface area contributed by atoms with Crippen LogP contribution in [0.15, 0.2) is 12.3 Å². The van der Waals surface area contributed by atoms with E-state index in [4.69, 9.17) is 4.74 Å². The number of hydrogen-bond acceptors (Lipinski definition) is 5. The Bertz CT molecular complexity index is 288. The zero-order valence-corrected chi connectivity index (χ0v) is 16.3. The van der Waals surface area contributed by atoms with Crippen LogP contribution < -0.4 is 0 Å². The summed E-state index contributed by atoms with van der Waals surface area (Å²) in [5.41, 5.74) is 1.10. The molecule has 21 heavy (non-hydrogen) atoms. The van der Waals surface area contributed by atoms with Gasteiger partial charge in [0.2, 0.25) is 0 Å². The molecule has 0 heterocycles. The maximum atomic E-state index is 5.34. The minimum absolute atomic E-state index is 0.710. The number of ether oxygens (including phenoxy) is 1. The lowest BCUT2D eigenvalue weighted by Gasteiger charge is -2.48. The van der Waals surface area contributed by atoms with Gasteiger partial charge < -0.3 is 4.74 Å². The van der Waals surface area contributed by atoms with Crippen LogP contribution in [0, 0.1) is 0 Å². The molecule has 6 heteroatoms. The van der Waals surface area contributed by atoms with Crippen LogP contribution in [0.3, 0.4) is 0 Å². The number of nitrogens with zero attached hydrogens (tertiary/aromatic N) is 4. The van der Waals surface area contributed by atoms with Gasteiger partial charge in [0.05, 0.1) is 13.2 Å². The second kappa shape index (κ2) is 9.75. The second-order valence-corrected chi connectivity index (χ2v) is 8.91. The van der Waals surface area contributed by atoms with Crippen molar-refractivity contribution in [3.8, 4) is 0 Å². The summed E-state index contributed by atoms with van der Waals surface area (Å²) in [6, 6.07) is 0.